The standard InChI is InChI=1S/C24H28Cl2N2O2/c1-24(2,3)28-23(30)17-6-4-15(5-7-17)16-8-11-19(12-9-16)27-22(29)18-10-13-20(25)21(26)14-18/h8-15,17H,4-7H2,1-3H3,(H,27,29)(H,28,30)/t15-,17-. The van der Waals surface area contributed by atoms with Gasteiger partial charge < -0.3 is 10.6 Å². The molecule has 1 aliphatic carbocycles. The highest BCUT2D eigenvalue weighted by Gasteiger charge is 2.28. The Morgan fingerprint density at radius 1 is 0.900 bits per heavy atom. The number of carbonyl (C=O) groups excluding carboxylic acids is 2. The molecule has 0 unspecified atom stereocenters. The molecule has 0 aromatic heterocycles. The number of hydrogen-bond acceptors (Lipinski definition) is 2. The first kappa shape index (κ1) is 22.6. The molecule has 0 aliphatic heterocycles. The van der Waals surface area contributed by atoms with E-state index in [2.05, 4.69) is 22.8 Å². The molecule has 160 valence electrons. The number of halogens is 2. The summed E-state index contributed by atoms with van der Waals surface area (Å²) < 4.78 is 0. The van der Waals surface area contributed by atoms with Crippen molar-refractivity contribution in [3.63, 3.8) is 0 Å². The highest BCUT2D eigenvalue weighted by molar-refractivity contribution is 6.42. The van der Waals surface area contributed by atoms with Gasteiger partial charge in [0.15, 0.2) is 0 Å². The number of anilines is 1. The first-order chi connectivity index (χ1) is 14.1. The molecule has 3 rings (SSSR count). The fourth-order valence-electron chi connectivity index (χ4n) is 3.84. The molecule has 0 heterocycles. The van der Waals surface area contributed by atoms with E-state index < -0.39 is 0 Å². The van der Waals surface area contributed by atoms with E-state index in [-0.39, 0.29) is 23.3 Å². The van der Waals surface area contributed by atoms with Gasteiger partial charge in [-0.2, -0.15) is 0 Å². The molecule has 0 radical (unpaired) electrons. The monoisotopic (exact) mass is 446 g/mol. The number of benzene rings is 2. The van der Waals surface area contributed by atoms with E-state index in [9.17, 15) is 9.59 Å². The molecular weight excluding hydrogens is 419 g/mol. The van der Waals surface area contributed by atoms with Crippen molar-refractivity contribution in [2.75, 3.05) is 5.32 Å². The van der Waals surface area contributed by atoms with E-state index in [1.807, 2.05) is 32.9 Å². The molecule has 2 amide bonds. The van der Waals surface area contributed by atoms with Crippen LogP contribution in [-0.4, -0.2) is 17.4 Å². The lowest BCUT2D eigenvalue weighted by molar-refractivity contribution is -0.127. The summed E-state index contributed by atoms with van der Waals surface area (Å²) in [4.78, 5) is 24.8. The second kappa shape index (κ2) is 9.40. The van der Waals surface area contributed by atoms with E-state index in [1.165, 1.54) is 5.56 Å². The van der Waals surface area contributed by atoms with Crippen LogP contribution < -0.4 is 10.6 Å². The van der Waals surface area contributed by atoms with Crippen molar-refractivity contribution in [1.29, 1.82) is 0 Å². The molecule has 2 N–H and O–H groups in total. The SMILES string of the molecule is CC(C)(C)NC(=O)[C@H]1CC[C@H](c2ccc(NC(=O)c3ccc(Cl)c(Cl)c3)cc2)CC1. The minimum absolute atomic E-state index is 0.102. The molecule has 0 saturated heterocycles. The number of rotatable bonds is 4. The quantitative estimate of drug-likeness (QED) is 0.567. The van der Waals surface area contributed by atoms with Crippen LogP contribution >= 0.6 is 23.2 Å². The van der Waals surface area contributed by atoms with Gasteiger partial charge in [0.25, 0.3) is 5.91 Å². The van der Waals surface area contributed by atoms with Crippen LogP contribution in [0.3, 0.4) is 0 Å². The molecule has 0 bridgehead atoms. The Labute approximate surface area is 188 Å². The molecule has 0 spiro atoms. The third-order valence-electron chi connectivity index (χ3n) is 5.42. The van der Waals surface area contributed by atoms with Gasteiger partial charge in [-0.3, -0.25) is 9.59 Å². The van der Waals surface area contributed by atoms with E-state index in [1.54, 1.807) is 18.2 Å². The Morgan fingerprint density at radius 3 is 2.10 bits per heavy atom. The average Bonchev–Trinajstić information content (AvgIpc) is 2.69. The summed E-state index contributed by atoms with van der Waals surface area (Å²) in [5.74, 6) is 0.488. The summed E-state index contributed by atoms with van der Waals surface area (Å²) in [6, 6.07) is 12.8. The van der Waals surface area contributed by atoms with Crippen LogP contribution in [0.15, 0.2) is 42.5 Å². The van der Waals surface area contributed by atoms with E-state index in [4.69, 9.17) is 23.2 Å². The van der Waals surface area contributed by atoms with Crippen LogP contribution in [0.4, 0.5) is 5.69 Å². The largest absolute Gasteiger partial charge is 0.351 e. The van der Waals surface area contributed by atoms with Gasteiger partial charge in [-0.15, -0.1) is 0 Å². The molecule has 1 aliphatic rings. The van der Waals surface area contributed by atoms with Gasteiger partial charge in [-0.1, -0.05) is 35.3 Å². The lowest BCUT2D eigenvalue weighted by Gasteiger charge is -2.30. The van der Waals surface area contributed by atoms with Gasteiger partial charge in [0.2, 0.25) is 5.91 Å². The molecule has 4 nitrogen and oxygen atoms in total. The molecule has 6 heteroatoms. The number of nitrogens with one attached hydrogen (secondary N) is 2. The molecule has 1 saturated carbocycles. The second-order valence-electron chi connectivity index (χ2n) is 8.99. The number of hydrogen-bond donors (Lipinski definition) is 2. The van der Waals surface area contributed by atoms with Crippen molar-refractivity contribution in [2.24, 2.45) is 5.92 Å². The predicted octanol–water partition coefficient (Wildman–Crippen LogP) is 6.43. The van der Waals surface area contributed by atoms with Crippen LogP contribution in [0.2, 0.25) is 10.0 Å². The van der Waals surface area contributed by atoms with Crippen molar-refractivity contribution in [1.82, 2.24) is 5.32 Å². The predicted molar refractivity (Wildman–Crippen MR) is 123 cm³/mol. The second-order valence-corrected chi connectivity index (χ2v) is 9.81. The van der Waals surface area contributed by atoms with Gasteiger partial charge in [0.1, 0.15) is 0 Å². The Bertz CT molecular complexity index is 912. The smallest absolute Gasteiger partial charge is 0.255 e. The highest BCUT2D eigenvalue weighted by atomic mass is 35.5. The third-order valence-corrected chi connectivity index (χ3v) is 6.16. The first-order valence-corrected chi connectivity index (χ1v) is 11.1. The first-order valence-electron chi connectivity index (χ1n) is 10.3. The molecule has 30 heavy (non-hydrogen) atoms. The lowest BCUT2D eigenvalue weighted by atomic mass is 9.78. The fourth-order valence-corrected chi connectivity index (χ4v) is 4.14. The number of carbonyl (C=O) groups is 2. The van der Waals surface area contributed by atoms with Gasteiger partial charge in [0.05, 0.1) is 10.0 Å². The van der Waals surface area contributed by atoms with Crippen molar-refractivity contribution in [3.8, 4) is 0 Å². The zero-order chi connectivity index (χ0) is 21.9. The summed E-state index contributed by atoms with van der Waals surface area (Å²) in [6.07, 6.45) is 3.80. The van der Waals surface area contributed by atoms with Gasteiger partial charge in [0, 0.05) is 22.7 Å². The minimum atomic E-state index is -0.230. The van der Waals surface area contributed by atoms with Crippen LogP contribution in [0.5, 0.6) is 0 Å². The zero-order valence-electron chi connectivity index (χ0n) is 17.6. The van der Waals surface area contributed by atoms with Crippen LogP contribution in [0, 0.1) is 5.92 Å². The van der Waals surface area contributed by atoms with Crippen molar-refractivity contribution < 1.29 is 9.59 Å². The van der Waals surface area contributed by atoms with E-state index in [0.29, 0.717) is 21.5 Å². The van der Waals surface area contributed by atoms with E-state index in [0.717, 1.165) is 31.4 Å². The summed E-state index contributed by atoms with van der Waals surface area (Å²) >= 11 is 11.9. The Balaban J connectivity index is 1.55. The van der Waals surface area contributed by atoms with Crippen LogP contribution in [-0.2, 0) is 4.79 Å². The molecule has 2 aromatic rings. The molecule has 1 fully saturated rings. The van der Waals surface area contributed by atoms with Crippen LogP contribution in [0.1, 0.15) is 68.3 Å². The summed E-state index contributed by atoms with van der Waals surface area (Å²) in [7, 11) is 0. The molecule has 0 atom stereocenters. The maximum Gasteiger partial charge on any atom is 0.255 e. The summed E-state index contributed by atoms with van der Waals surface area (Å²) in [5, 5.41) is 6.75. The normalized spacial score (nSPS) is 19.2. The Morgan fingerprint density at radius 2 is 1.53 bits per heavy atom. The molecule has 2 aromatic carbocycles. The molecular formula is C24H28Cl2N2O2. The maximum atomic E-state index is 12.4. The van der Waals surface area contributed by atoms with Crippen molar-refractivity contribution >= 4 is 40.7 Å². The summed E-state index contributed by atoms with van der Waals surface area (Å²) in [5.41, 5.74) is 2.25. The van der Waals surface area contributed by atoms with Gasteiger partial charge in [-0.05, 0) is 88.3 Å². The highest BCUT2D eigenvalue weighted by Crippen LogP contribution is 2.36. The van der Waals surface area contributed by atoms with Crippen molar-refractivity contribution in [2.45, 2.75) is 57.9 Å². The van der Waals surface area contributed by atoms with Crippen molar-refractivity contribution in [3.05, 3.63) is 63.6 Å². The topological polar surface area (TPSA) is 58.2 Å². The Kier molecular flexibility index (Phi) is 7.10. The fraction of sp³-hybridized carbons (Fsp3) is 0.417. The van der Waals surface area contributed by atoms with Gasteiger partial charge in [-0.25, -0.2) is 0 Å². The van der Waals surface area contributed by atoms with E-state index >= 15 is 0 Å². The third kappa shape index (κ3) is 5.99. The maximum absolute atomic E-state index is 12.4. The lowest BCUT2D eigenvalue weighted by Crippen LogP contribution is -2.44. The Hall–Kier alpha value is -2.04. The number of amides is 2. The average molecular weight is 447 g/mol. The minimum Gasteiger partial charge on any atom is -0.351 e. The zero-order valence-corrected chi connectivity index (χ0v) is 19.1. The van der Waals surface area contributed by atoms with Gasteiger partial charge >= 0.3 is 0 Å². The van der Waals surface area contributed by atoms with Crippen LogP contribution in [0.25, 0.3) is 0 Å². The summed E-state index contributed by atoms with van der Waals surface area (Å²) in [6.45, 7) is 6.04.